The van der Waals surface area contributed by atoms with Crippen molar-refractivity contribution in [1.82, 2.24) is 0 Å². The van der Waals surface area contributed by atoms with Crippen molar-refractivity contribution in [2.45, 2.75) is 18.5 Å². The van der Waals surface area contributed by atoms with E-state index in [-0.39, 0.29) is 0 Å². The average molecular weight is 178 g/mol. The second kappa shape index (κ2) is 2.91. The first kappa shape index (κ1) is 10.6. The molecule has 0 unspecified atom stereocenters. The smallest absolute Gasteiger partial charge is 0.223 e. The Bertz CT molecular complexity index is 125. The molecule has 0 bridgehead atoms. The average Bonchev–Trinajstić information content (AvgIpc) is 1.84. The van der Waals surface area contributed by atoms with Crippen LogP contribution in [0.5, 0.6) is 0 Å². The summed E-state index contributed by atoms with van der Waals surface area (Å²) < 4.78 is 69.0. The molecule has 11 heavy (non-hydrogen) atoms. The molecule has 0 aromatic carbocycles. The molecule has 0 rings (SSSR count). The molecular weight excluding hydrogens is 174 g/mol. The zero-order valence-corrected chi connectivity index (χ0v) is 5.18. The first-order chi connectivity index (χ1) is 4.72. The van der Waals surface area contributed by atoms with Crippen LogP contribution in [-0.2, 0) is 0 Å². The van der Waals surface area contributed by atoms with Crippen LogP contribution in [-0.4, -0.2) is 12.1 Å². The van der Waals surface area contributed by atoms with Crippen molar-refractivity contribution in [3.63, 3.8) is 0 Å². The zero-order chi connectivity index (χ0) is 9.28. The van der Waals surface area contributed by atoms with Crippen LogP contribution < -0.4 is 0 Å². The van der Waals surface area contributed by atoms with Gasteiger partial charge in [0.15, 0.2) is 0 Å². The van der Waals surface area contributed by atoms with Gasteiger partial charge < -0.3 is 0 Å². The number of alkyl halides is 5. The molecule has 0 fully saturated rings. The van der Waals surface area contributed by atoms with Crippen molar-refractivity contribution >= 4 is 0 Å². The van der Waals surface area contributed by atoms with Gasteiger partial charge in [-0.25, -0.2) is 13.2 Å². The molecular formula is C5H4F6. The van der Waals surface area contributed by atoms with Gasteiger partial charge in [-0.05, 0) is 6.92 Å². The maximum atomic E-state index is 11.8. The Labute approximate surface area is 59.2 Å². The summed E-state index contributed by atoms with van der Waals surface area (Å²) in [6.07, 6.45) is -10.3. The fraction of sp³-hybridized carbons (Fsp3) is 0.600. The van der Waals surface area contributed by atoms with Crippen LogP contribution in [0.2, 0.25) is 0 Å². The van der Waals surface area contributed by atoms with Gasteiger partial charge in [0.25, 0.3) is 5.92 Å². The summed E-state index contributed by atoms with van der Waals surface area (Å²) in [7, 11) is 0. The molecule has 0 nitrogen and oxygen atoms in total. The van der Waals surface area contributed by atoms with E-state index in [2.05, 4.69) is 6.92 Å². The van der Waals surface area contributed by atoms with E-state index in [9.17, 15) is 26.3 Å². The normalized spacial score (nSPS) is 14.2. The summed E-state index contributed by atoms with van der Waals surface area (Å²) in [5, 5.41) is 0. The molecule has 2 radical (unpaired) electrons. The van der Waals surface area contributed by atoms with Crippen LogP contribution in [0.4, 0.5) is 26.3 Å². The van der Waals surface area contributed by atoms with Crippen LogP contribution in [0, 0.1) is 13.1 Å². The molecule has 0 saturated heterocycles. The van der Waals surface area contributed by atoms with E-state index in [0.717, 1.165) is 0 Å². The van der Waals surface area contributed by atoms with Crippen LogP contribution in [0.15, 0.2) is 0 Å². The van der Waals surface area contributed by atoms with E-state index in [4.69, 9.17) is 0 Å². The molecule has 0 aromatic rings. The van der Waals surface area contributed by atoms with Gasteiger partial charge in [-0.1, -0.05) is 0 Å². The molecule has 6 heteroatoms. The Hall–Kier alpha value is -0.420. The van der Waals surface area contributed by atoms with Gasteiger partial charge in [0.05, 0.1) is 0 Å². The van der Waals surface area contributed by atoms with Gasteiger partial charge in [-0.2, -0.15) is 13.2 Å². The van der Waals surface area contributed by atoms with Gasteiger partial charge >= 0.3 is 12.3 Å². The SMILES string of the molecule is [CH2]CC(F)(F)[C](F)C(F)(F)F. The van der Waals surface area contributed by atoms with Crippen molar-refractivity contribution in [3.05, 3.63) is 13.1 Å². The number of halogens is 6. The number of rotatable bonds is 2. The first-order valence-electron chi connectivity index (χ1n) is 2.49. The van der Waals surface area contributed by atoms with Crippen molar-refractivity contribution in [2.24, 2.45) is 0 Å². The molecule has 0 aromatic heterocycles. The monoisotopic (exact) mass is 178 g/mol. The van der Waals surface area contributed by atoms with Crippen LogP contribution in [0.25, 0.3) is 0 Å². The van der Waals surface area contributed by atoms with Crippen molar-refractivity contribution in [3.8, 4) is 0 Å². The quantitative estimate of drug-likeness (QED) is 0.570. The zero-order valence-electron chi connectivity index (χ0n) is 5.18. The van der Waals surface area contributed by atoms with Crippen LogP contribution in [0.1, 0.15) is 6.42 Å². The van der Waals surface area contributed by atoms with Gasteiger partial charge in [-0.15, -0.1) is 0 Å². The second-order valence-electron chi connectivity index (χ2n) is 1.77. The Morgan fingerprint density at radius 1 is 1.09 bits per heavy atom. The molecule has 0 spiro atoms. The highest BCUT2D eigenvalue weighted by Crippen LogP contribution is 2.42. The predicted molar refractivity (Wildman–Crippen MR) is 25.3 cm³/mol. The van der Waals surface area contributed by atoms with Crippen LogP contribution >= 0.6 is 0 Å². The molecule has 0 aliphatic rings. The highest BCUT2D eigenvalue weighted by Gasteiger charge is 2.57. The molecule has 66 valence electrons. The second-order valence-corrected chi connectivity index (χ2v) is 1.77. The Kier molecular flexibility index (Phi) is 2.79. The fourth-order valence-corrected chi connectivity index (χ4v) is 0.317. The summed E-state index contributed by atoms with van der Waals surface area (Å²) in [6, 6.07) is 0. The summed E-state index contributed by atoms with van der Waals surface area (Å²) >= 11 is 0. The van der Waals surface area contributed by atoms with E-state index in [1.807, 2.05) is 0 Å². The Balaban J connectivity index is 4.35. The lowest BCUT2D eigenvalue weighted by Crippen LogP contribution is -2.33. The summed E-state index contributed by atoms with van der Waals surface area (Å²) in [5.74, 6) is -4.50. The Morgan fingerprint density at radius 3 is 1.55 bits per heavy atom. The maximum absolute atomic E-state index is 11.8. The highest BCUT2D eigenvalue weighted by atomic mass is 19.4. The Morgan fingerprint density at radius 2 is 1.45 bits per heavy atom. The van der Waals surface area contributed by atoms with Gasteiger partial charge in [0, 0.05) is 6.42 Å². The lowest BCUT2D eigenvalue weighted by Gasteiger charge is -2.19. The molecule has 0 atom stereocenters. The van der Waals surface area contributed by atoms with Gasteiger partial charge in [-0.3, -0.25) is 0 Å². The molecule has 0 saturated carbocycles. The third-order valence-corrected chi connectivity index (χ3v) is 0.884. The minimum Gasteiger partial charge on any atom is -0.223 e. The van der Waals surface area contributed by atoms with Gasteiger partial charge in [0.2, 0.25) is 0 Å². The van der Waals surface area contributed by atoms with Crippen molar-refractivity contribution in [2.75, 3.05) is 0 Å². The standard InChI is InChI=1S/C5H4F6/c1-2-4(7,8)3(6)5(9,10)11/h1-2H2. The van der Waals surface area contributed by atoms with Crippen LogP contribution in [0.3, 0.4) is 0 Å². The van der Waals surface area contributed by atoms with E-state index in [0.29, 0.717) is 0 Å². The summed E-state index contributed by atoms with van der Waals surface area (Å²) in [5.41, 5.74) is 0. The number of hydrogen-bond acceptors (Lipinski definition) is 0. The summed E-state index contributed by atoms with van der Waals surface area (Å²) in [6.45, 7) is 2.48. The topological polar surface area (TPSA) is 0 Å². The van der Waals surface area contributed by atoms with E-state index in [1.165, 1.54) is 0 Å². The summed E-state index contributed by atoms with van der Waals surface area (Å²) in [4.78, 5) is 0. The molecule has 0 amide bonds. The lowest BCUT2D eigenvalue weighted by molar-refractivity contribution is -0.189. The largest absolute Gasteiger partial charge is 0.432 e. The third kappa shape index (κ3) is 2.59. The third-order valence-electron chi connectivity index (χ3n) is 0.884. The maximum Gasteiger partial charge on any atom is 0.432 e. The first-order valence-corrected chi connectivity index (χ1v) is 2.49. The molecule has 0 N–H and O–H groups in total. The van der Waals surface area contributed by atoms with Crippen molar-refractivity contribution in [1.29, 1.82) is 0 Å². The van der Waals surface area contributed by atoms with Gasteiger partial charge in [0.1, 0.15) is 0 Å². The highest BCUT2D eigenvalue weighted by molar-refractivity contribution is 4.99. The molecule has 0 aliphatic carbocycles. The fourth-order valence-electron chi connectivity index (χ4n) is 0.317. The van der Waals surface area contributed by atoms with E-state index < -0.39 is 24.7 Å². The molecule has 0 aliphatic heterocycles. The van der Waals surface area contributed by atoms with E-state index in [1.54, 1.807) is 0 Å². The number of hydrogen-bond donors (Lipinski definition) is 0. The molecule has 0 heterocycles. The predicted octanol–water partition coefficient (Wildman–Crippen LogP) is 2.91. The van der Waals surface area contributed by atoms with E-state index >= 15 is 0 Å². The minimum absolute atomic E-state index is 1.45. The van der Waals surface area contributed by atoms with Crippen molar-refractivity contribution < 1.29 is 26.3 Å². The lowest BCUT2D eigenvalue weighted by atomic mass is 10.1. The minimum atomic E-state index is -5.60.